The zero-order valence-corrected chi connectivity index (χ0v) is 14.8. The molecule has 1 saturated carbocycles. The van der Waals surface area contributed by atoms with Gasteiger partial charge in [-0.1, -0.05) is 13.8 Å². The Bertz CT molecular complexity index is 535. The molecular formula is C13H28N2O4S2. The number of likely N-dealkylation sites (N-methyl/N-ethyl adjacent to an activating group) is 1. The molecule has 1 rings (SSSR count). The summed E-state index contributed by atoms with van der Waals surface area (Å²) in [5.74, 6) is -0.123. The van der Waals surface area contributed by atoms with Gasteiger partial charge in [0.2, 0.25) is 10.0 Å². The number of nitrogens with zero attached hydrogens (tertiary/aromatic N) is 1. The van der Waals surface area contributed by atoms with E-state index in [1.165, 1.54) is 4.31 Å². The van der Waals surface area contributed by atoms with Gasteiger partial charge in [-0.05, 0) is 31.6 Å². The second kappa shape index (κ2) is 6.93. The van der Waals surface area contributed by atoms with Gasteiger partial charge in [-0.2, -0.15) is 4.31 Å². The van der Waals surface area contributed by atoms with Gasteiger partial charge in [0.05, 0.1) is 11.5 Å². The predicted molar refractivity (Wildman–Crippen MR) is 85.3 cm³/mol. The average molecular weight is 341 g/mol. The summed E-state index contributed by atoms with van der Waals surface area (Å²) in [5.41, 5.74) is 5.37. The highest BCUT2D eigenvalue weighted by molar-refractivity contribution is 7.93. The maximum Gasteiger partial charge on any atom is 0.215 e. The number of rotatable bonds is 7. The first-order valence-corrected chi connectivity index (χ1v) is 11.1. The Kier molecular flexibility index (Phi) is 6.23. The van der Waals surface area contributed by atoms with Crippen LogP contribution in [0.3, 0.4) is 0 Å². The Balaban J connectivity index is 2.98. The SMILES string of the molecule is CCN(C1(CN)CCC(C)CC1)S(=O)(=O)CCS(C)(=O)=O. The molecule has 126 valence electrons. The van der Waals surface area contributed by atoms with Gasteiger partial charge in [0.15, 0.2) is 0 Å². The lowest BCUT2D eigenvalue weighted by Crippen LogP contribution is -2.58. The molecule has 1 aliphatic carbocycles. The molecule has 0 unspecified atom stereocenters. The van der Waals surface area contributed by atoms with Crippen LogP contribution in [-0.2, 0) is 19.9 Å². The lowest BCUT2D eigenvalue weighted by Gasteiger charge is -2.45. The van der Waals surface area contributed by atoms with Crippen LogP contribution in [0.1, 0.15) is 39.5 Å². The number of hydrogen-bond donors (Lipinski definition) is 1. The third-order valence-corrected chi connectivity index (χ3v) is 7.69. The van der Waals surface area contributed by atoms with Crippen molar-refractivity contribution in [2.75, 3.05) is 30.9 Å². The number of nitrogens with two attached hydrogens (primary N) is 1. The van der Waals surface area contributed by atoms with Crippen molar-refractivity contribution < 1.29 is 16.8 Å². The molecule has 8 heteroatoms. The highest BCUT2D eigenvalue weighted by Crippen LogP contribution is 2.37. The molecule has 0 radical (unpaired) electrons. The fourth-order valence-electron chi connectivity index (χ4n) is 3.05. The second-order valence-electron chi connectivity index (χ2n) is 6.22. The monoisotopic (exact) mass is 340 g/mol. The predicted octanol–water partition coefficient (Wildman–Crippen LogP) is 0.590. The van der Waals surface area contributed by atoms with Crippen molar-refractivity contribution in [3.8, 4) is 0 Å². The summed E-state index contributed by atoms with van der Waals surface area (Å²) in [6.45, 7) is 4.56. The van der Waals surface area contributed by atoms with Gasteiger partial charge in [0, 0.05) is 24.9 Å². The molecule has 0 heterocycles. The van der Waals surface area contributed by atoms with E-state index in [4.69, 9.17) is 5.73 Å². The molecule has 0 amide bonds. The smallest absolute Gasteiger partial charge is 0.215 e. The Morgan fingerprint density at radius 3 is 2.05 bits per heavy atom. The molecule has 0 aromatic carbocycles. The Morgan fingerprint density at radius 2 is 1.67 bits per heavy atom. The first-order valence-electron chi connectivity index (χ1n) is 7.44. The summed E-state index contributed by atoms with van der Waals surface area (Å²) in [7, 11) is -6.92. The lowest BCUT2D eigenvalue weighted by molar-refractivity contribution is 0.120. The third kappa shape index (κ3) is 4.91. The largest absolute Gasteiger partial charge is 0.329 e. The molecule has 1 fully saturated rings. The van der Waals surface area contributed by atoms with Gasteiger partial charge >= 0.3 is 0 Å². The van der Waals surface area contributed by atoms with Crippen molar-refractivity contribution in [2.24, 2.45) is 11.7 Å². The van der Waals surface area contributed by atoms with Gasteiger partial charge in [0.1, 0.15) is 9.84 Å². The van der Waals surface area contributed by atoms with Crippen LogP contribution in [0.5, 0.6) is 0 Å². The van der Waals surface area contributed by atoms with E-state index in [2.05, 4.69) is 6.92 Å². The van der Waals surface area contributed by atoms with Gasteiger partial charge in [-0.3, -0.25) is 0 Å². The number of sulfone groups is 1. The van der Waals surface area contributed by atoms with Gasteiger partial charge in [0.25, 0.3) is 0 Å². The summed E-state index contributed by atoms with van der Waals surface area (Å²) in [6, 6.07) is 0. The normalized spacial score (nSPS) is 28.0. The number of sulfonamides is 1. The summed E-state index contributed by atoms with van der Waals surface area (Å²) < 4.78 is 49.1. The quantitative estimate of drug-likeness (QED) is 0.731. The zero-order chi connectivity index (χ0) is 16.3. The molecule has 0 spiro atoms. The van der Waals surface area contributed by atoms with Crippen LogP contribution in [0.2, 0.25) is 0 Å². The van der Waals surface area contributed by atoms with Crippen molar-refractivity contribution in [1.29, 1.82) is 0 Å². The third-order valence-electron chi connectivity index (χ3n) is 4.45. The van der Waals surface area contributed by atoms with Crippen molar-refractivity contribution in [1.82, 2.24) is 4.31 Å². The van der Waals surface area contributed by atoms with E-state index in [-0.39, 0.29) is 18.1 Å². The average Bonchev–Trinajstić information content (AvgIpc) is 2.39. The molecule has 2 N–H and O–H groups in total. The first kappa shape index (κ1) is 18.9. The van der Waals surface area contributed by atoms with E-state index in [9.17, 15) is 16.8 Å². The van der Waals surface area contributed by atoms with E-state index in [0.29, 0.717) is 12.5 Å². The van der Waals surface area contributed by atoms with Crippen LogP contribution in [0.25, 0.3) is 0 Å². The van der Waals surface area contributed by atoms with Crippen LogP contribution in [-0.4, -0.2) is 57.5 Å². The van der Waals surface area contributed by atoms with Gasteiger partial charge in [-0.15, -0.1) is 0 Å². The molecule has 0 saturated heterocycles. The maximum atomic E-state index is 12.6. The molecular weight excluding hydrogens is 312 g/mol. The van der Waals surface area contributed by atoms with Crippen LogP contribution in [0.4, 0.5) is 0 Å². The van der Waals surface area contributed by atoms with Crippen LogP contribution in [0, 0.1) is 5.92 Å². The fourth-order valence-corrected chi connectivity index (χ4v) is 6.56. The van der Waals surface area contributed by atoms with Crippen LogP contribution < -0.4 is 5.73 Å². The second-order valence-corrected chi connectivity index (χ2v) is 10.5. The topological polar surface area (TPSA) is 97.5 Å². The van der Waals surface area contributed by atoms with E-state index in [0.717, 1.165) is 31.9 Å². The highest BCUT2D eigenvalue weighted by atomic mass is 32.2. The molecule has 21 heavy (non-hydrogen) atoms. The van der Waals surface area contributed by atoms with E-state index in [1.807, 2.05) is 0 Å². The van der Waals surface area contributed by atoms with E-state index >= 15 is 0 Å². The summed E-state index contributed by atoms with van der Waals surface area (Å²) >= 11 is 0. The molecule has 0 aromatic heterocycles. The molecule has 0 atom stereocenters. The van der Waals surface area contributed by atoms with Crippen molar-refractivity contribution in [3.63, 3.8) is 0 Å². The molecule has 1 aliphatic rings. The maximum absolute atomic E-state index is 12.6. The lowest BCUT2D eigenvalue weighted by atomic mass is 9.77. The Labute approximate surface area is 129 Å². The minimum atomic E-state index is -3.62. The van der Waals surface area contributed by atoms with Gasteiger partial charge in [-0.25, -0.2) is 16.8 Å². The molecule has 6 nitrogen and oxygen atoms in total. The molecule has 0 bridgehead atoms. The van der Waals surface area contributed by atoms with E-state index in [1.54, 1.807) is 6.92 Å². The van der Waals surface area contributed by atoms with Gasteiger partial charge < -0.3 is 5.73 Å². The fraction of sp³-hybridized carbons (Fsp3) is 1.00. The minimum Gasteiger partial charge on any atom is -0.329 e. The van der Waals surface area contributed by atoms with Crippen molar-refractivity contribution >= 4 is 19.9 Å². The summed E-state index contributed by atoms with van der Waals surface area (Å²) in [4.78, 5) is 0. The first-order chi connectivity index (χ1) is 9.56. The summed E-state index contributed by atoms with van der Waals surface area (Å²) in [5, 5.41) is 0. The van der Waals surface area contributed by atoms with Crippen molar-refractivity contribution in [3.05, 3.63) is 0 Å². The number of hydrogen-bond acceptors (Lipinski definition) is 5. The Hall–Kier alpha value is -0.180. The molecule has 0 aromatic rings. The Morgan fingerprint density at radius 1 is 1.14 bits per heavy atom. The summed E-state index contributed by atoms with van der Waals surface area (Å²) in [6.07, 6.45) is 4.46. The standard InChI is InChI=1S/C13H28N2O4S2/c1-4-15(21(18,19)10-9-20(3,16)17)13(11-14)7-5-12(2)6-8-13/h12H,4-11,14H2,1-3H3. The van der Waals surface area contributed by atoms with Crippen LogP contribution in [0.15, 0.2) is 0 Å². The van der Waals surface area contributed by atoms with Crippen LogP contribution >= 0.6 is 0 Å². The minimum absolute atomic E-state index is 0.283. The molecule has 0 aliphatic heterocycles. The van der Waals surface area contributed by atoms with E-state index < -0.39 is 25.4 Å². The highest BCUT2D eigenvalue weighted by Gasteiger charge is 2.43. The zero-order valence-electron chi connectivity index (χ0n) is 13.2. The van der Waals surface area contributed by atoms with Crippen molar-refractivity contribution in [2.45, 2.75) is 45.1 Å².